The predicted octanol–water partition coefficient (Wildman–Crippen LogP) is 2.96. The van der Waals surface area contributed by atoms with Gasteiger partial charge in [-0.05, 0) is 50.4 Å². The molecule has 2 aromatic rings. The van der Waals surface area contributed by atoms with Gasteiger partial charge < -0.3 is 14.3 Å². The summed E-state index contributed by atoms with van der Waals surface area (Å²) in [5.41, 5.74) is 0.630. The molecule has 25 heavy (non-hydrogen) atoms. The van der Waals surface area contributed by atoms with Crippen LogP contribution in [0.1, 0.15) is 33.1 Å². The third kappa shape index (κ3) is 2.79. The van der Waals surface area contributed by atoms with Gasteiger partial charge in [0.25, 0.3) is 11.8 Å². The molecule has 1 amide bonds. The molecule has 1 aromatic carbocycles. The molecule has 0 saturated carbocycles. The normalized spacial score (nSPS) is 23.9. The highest BCUT2D eigenvalue weighted by Crippen LogP contribution is 2.41. The molecule has 2 fully saturated rings. The molecule has 2 aliphatic rings. The van der Waals surface area contributed by atoms with Crippen molar-refractivity contribution in [3.05, 3.63) is 30.3 Å². The first-order chi connectivity index (χ1) is 12.1. The van der Waals surface area contributed by atoms with Gasteiger partial charge >= 0.3 is 0 Å². The molecule has 6 nitrogen and oxygen atoms in total. The van der Waals surface area contributed by atoms with E-state index in [9.17, 15) is 4.79 Å². The Kier molecular flexibility index (Phi) is 3.98. The third-order valence-electron chi connectivity index (χ3n) is 5.46. The van der Waals surface area contributed by atoms with Gasteiger partial charge in [-0.15, -0.1) is 0 Å². The molecule has 1 aromatic heterocycles. The standard InChI is InChI=1S/C19H24N4O2/c1-14(2)23-11-6-9-19(17(23)24)10-12-22(13-19)18-20-16(25-21-18)15-7-4-3-5-8-15/h3-5,7-8,14H,6,9-13H2,1-2H3. The molecule has 132 valence electrons. The van der Waals surface area contributed by atoms with Gasteiger partial charge in [0.05, 0.1) is 5.41 Å². The number of anilines is 1. The Morgan fingerprint density at radius 3 is 2.72 bits per heavy atom. The fourth-order valence-corrected chi connectivity index (χ4v) is 4.06. The smallest absolute Gasteiger partial charge is 0.266 e. The van der Waals surface area contributed by atoms with Crippen molar-refractivity contribution in [2.45, 2.75) is 39.2 Å². The quantitative estimate of drug-likeness (QED) is 0.859. The molecule has 1 atom stereocenters. The lowest BCUT2D eigenvalue weighted by Crippen LogP contribution is -2.52. The van der Waals surface area contributed by atoms with Crippen LogP contribution in [0, 0.1) is 5.41 Å². The van der Waals surface area contributed by atoms with E-state index in [0.29, 0.717) is 24.3 Å². The summed E-state index contributed by atoms with van der Waals surface area (Å²) in [6.07, 6.45) is 2.89. The van der Waals surface area contributed by atoms with E-state index in [2.05, 4.69) is 28.9 Å². The van der Waals surface area contributed by atoms with Crippen molar-refractivity contribution in [2.75, 3.05) is 24.5 Å². The number of carbonyl (C=O) groups is 1. The fourth-order valence-electron chi connectivity index (χ4n) is 4.06. The van der Waals surface area contributed by atoms with Crippen LogP contribution in [0.5, 0.6) is 0 Å². The Morgan fingerprint density at radius 2 is 1.96 bits per heavy atom. The number of hydrogen-bond acceptors (Lipinski definition) is 5. The minimum atomic E-state index is -0.282. The number of likely N-dealkylation sites (tertiary alicyclic amines) is 1. The van der Waals surface area contributed by atoms with Crippen LogP contribution in [-0.2, 0) is 4.79 Å². The Labute approximate surface area is 147 Å². The first-order valence-corrected chi connectivity index (χ1v) is 9.04. The number of carbonyl (C=O) groups excluding carboxylic acids is 1. The second-order valence-electron chi connectivity index (χ2n) is 7.41. The summed E-state index contributed by atoms with van der Waals surface area (Å²) in [6.45, 7) is 6.54. The number of rotatable bonds is 3. The molecule has 3 heterocycles. The Morgan fingerprint density at radius 1 is 1.16 bits per heavy atom. The topological polar surface area (TPSA) is 62.5 Å². The second-order valence-corrected chi connectivity index (χ2v) is 7.41. The molecular weight excluding hydrogens is 316 g/mol. The first kappa shape index (κ1) is 16.1. The van der Waals surface area contributed by atoms with Crippen LogP contribution in [0.3, 0.4) is 0 Å². The van der Waals surface area contributed by atoms with Crippen LogP contribution in [0.15, 0.2) is 34.9 Å². The zero-order valence-corrected chi connectivity index (χ0v) is 14.8. The van der Waals surface area contributed by atoms with Gasteiger partial charge in [0, 0.05) is 31.2 Å². The molecule has 6 heteroatoms. The molecular formula is C19H24N4O2. The Balaban J connectivity index is 1.53. The van der Waals surface area contributed by atoms with Gasteiger partial charge in [-0.2, -0.15) is 4.98 Å². The average molecular weight is 340 g/mol. The van der Waals surface area contributed by atoms with Crippen LogP contribution >= 0.6 is 0 Å². The van der Waals surface area contributed by atoms with E-state index in [4.69, 9.17) is 4.52 Å². The largest absolute Gasteiger partial charge is 0.340 e. The van der Waals surface area contributed by atoms with E-state index < -0.39 is 0 Å². The lowest BCUT2D eigenvalue weighted by atomic mass is 9.78. The summed E-state index contributed by atoms with van der Waals surface area (Å²) in [7, 11) is 0. The zero-order chi connectivity index (χ0) is 17.4. The lowest BCUT2D eigenvalue weighted by Gasteiger charge is -2.41. The van der Waals surface area contributed by atoms with Crippen LogP contribution in [0.2, 0.25) is 0 Å². The summed E-state index contributed by atoms with van der Waals surface area (Å²) in [6, 6.07) is 10.0. The van der Waals surface area contributed by atoms with Gasteiger partial charge in [-0.1, -0.05) is 18.2 Å². The SMILES string of the molecule is CC(C)N1CCCC2(CCN(c3noc(-c4ccccc4)n3)C2)C1=O. The molecule has 1 unspecified atom stereocenters. The summed E-state index contributed by atoms with van der Waals surface area (Å²) in [5, 5.41) is 4.15. The van der Waals surface area contributed by atoms with Crippen LogP contribution < -0.4 is 4.90 Å². The van der Waals surface area contributed by atoms with E-state index in [1.165, 1.54) is 0 Å². The van der Waals surface area contributed by atoms with Gasteiger partial charge in [-0.3, -0.25) is 4.79 Å². The fraction of sp³-hybridized carbons (Fsp3) is 0.526. The predicted molar refractivity (Wildman–Crippen MR) is 95.1 cm³/mol. The van der Waals surface area contributed by atoms with Crippen molar-refractivity contribution in [3.8, 4) is 11.5 Å². The van der Waals surface area contributed by atoms with Crippen molar-refractivity contribution in [2.24, 2.45) is 5.41 Å². The van der Waals surface area contributed by atoms with Gasteiger partial charge in [-0.25, -0.2) is 0 Å². The van der Waals surface area contributed by atoms with E-state index >= 15 is 0 Å². The molecule has 4 rings (SSSR count). The van der Waals surface area contributed by atoms with E-state index in [0.717, 1.165) is 37.9 Å². The highest BCUT2D eigenvalue weighted by molar-refractivity contribution is 5.85. The minimum absolute atomic E-state index is 0.258. The van der Waals surface area contributed by atoms with Crippen molar-refractivity contribution < 1.29 is 9.32 Å². The Hall–Kier alpha value is -2.37. The van der Waals surface area contributed by atoms with Crippen molar-refractivity contribution in [1.82, 2.24) is 15.0 Å². The van der Waals surface area contributed by atoms with Crippen LogP contribution in [0.25, 0.3) is 11.5 Å². The molecule has 0 aliphatic carbocycles. The van der Waals surface area contributed by atoms with Gasteiger partial charge in [0.2, 0.25) is 5.91 Å². The molecule has 2 aliphatic heterocycles. The van der Waals surface area contributed by atoms with Crippen LogP contribution in [-0.4, -0.2) is 46.6 Å². The highest BCUT2D eigenvalue weighted by Gasteiger charge is 2.49. The first-order valence-electron chi connectivity index (χ1n) is 9.04. The molecule has 2 saturated heterocycles. The average Bonchev–Trinajstić information content (AvgIpc) is 3.26. The van der Waals surface area contributed by atoms with Gasteiger partial charge in [0.15, 0.2) is 0 Å². The number of amides is 1. The van der Waals surface area contributed by atoms with E-state index in [1.54, 1.807) is 0 Å². The summed E-state index contributed by atoms with van der Waals surface area (Å²) < 4.78 is 5.43. The Bertz CT molecular complexity index is 758. The molecule has 0 N–H and O–H groups in total. The monoisotopic (exact) mass is 340 g/mol. The van der Waals surface area contributed by atoms with Crippen molar-refractivity contribution in [3.63, 3.8) is 0 Å². The molecule has 0 bridgehead atoms. The molecule has 0 radical (unpaired) electrons. The van der Waals surface area contributed by atoms with Crippen LogP contribution in [0.4, 0.5) is 5.95 Å². The lowest BCUT2D eigenvalue weighted by molar-refractivity contribution is -0.147. The van der Waals surface area contributed by atoms with Gasteiger partial charge in [0.1, 0.15) is 0 Å². The number of aromatic nitrogens is 2. The number of piperidine rings is 1. The maximum absolute atomic E-state index is 13.0. The van der Waals surface area contributed by atoms with Crippen molar-refractivity contribution in [1.29, 1.82) is 0 Å². The molecule has 1 spiro atoms. The summed E-state index contributed by atoms with van der Waals surface area (Å²) in [5.74, 6) is 1.41. The summed E-state index contributed by atoms with van der Waals surface area (Å²) in [4.78, 5) is 21.7. The van der Waals surface area contributed by atoms with E-state index in [1.807, 2.05) is 35.2 Å². The number of benzene rings is 1. The van der Waals surface area contributed by atoms with E-state index in [-0.39, 0.29) is 11.5 Å². The summed E-state index contributed by atoms with van der Waals surface area (Å²) >= 11 is 0. The number of hydrogen-bond donors (Lipinski definition) is 0. The van der Waals surface area contributed by atoms with Crippen molar-refractivity contribution >= 4 is 11.9 Å². The third-order valence-corrected chi connectivity index (χ3v) is 5.46. The zero-order valence-electron chi connectivity index (χ0n) is 14.8. The second kappa shape index (κ2) is 6.17. The maximum atomic E-state index is 13.0. The number of nitrogens with zero attached hydrogens (tertiary/aromatic N) is 4. The maximum Gasteiger partial charge on any atom is 0.266 e. The minimum Gasteiger partial charge on any atom is -0.340 e. The highest BCUT2D eigenvalue weighted by atomic mass is 16.5.